The van der Waals surface area contributed by atoms with Crippen molar-refractivity contribution in [1.29, 1.82) is 0 Å². The number of aliphatic hydroxyl groups excluding tert-OH is 1. The number of rotatable bonds is 7. The highest BCUT2D eigenvalue weighted by atomic mass is 35.5. The van der Waals surface area contributed by atoms with Gasteiger partial charge in [-0.1, -0.05) is 24.4 Å². The Hall–Kier alpha value is -0.910. The standard InChI is InChI=1S/C12H16ClN3OS/c13-9-5-6-10-12(16-18-15-10)11(9)14-7-3-1-2-4-8-17/h5-6,14,17H,1-4,7-8H2. The smallest absolute Gasteiger partial charge is 0.129 e. The molecule has 2 rings (SSSR count). The van der Waals surface area contributed by atoms with E-state index in [2.05, 4.69) is 14.1 Å². The first kappa shape index (κ1) is 13.5. The van der Waals surface area contributed by atoms with E-state index in [4.69, 9.17) is 16.7 Å². The summed E-state index contributed by atoms with van der Waals surface area (Å²) in [6, 6.07) is 3.73. The van der Waals surface area contributed by atoms with E-state index in [-0.39, 0.29) is 6.61 Å². The molecule has 6 heteroatoms. The molecule has 0 radical (unpaired) electrons. The number of halogens is 1. The number of nitrogens with zero attached hydrogens (tertiary/aromatic N) is 2. The number of fused-ring (bicyclic) bond motifs is 1. The average molecular weight is 286 g/mol. The second-order valence-electron chi connectivity index (χ2n) is 4.12. The van der Waals surface area contributed by atoms with Gasteiger partial charge in [0.25, 0.3) is 0 Å². The molecule has 0 bridgehead atoms. The van der Waals surface area contributed by atoms with Gasteiger partial charge in [-0.05, 0) is 25.0 Å². The van der Waals surface area contributed by atoms with E-state index in [1.807, 2.05) is 12.1 Å². The Balaban J connectivity index is 1.90. The summed E-state index contributed by atoms with van der Waals surface area (Å²) in [6.07, 6.45) is 4.11. The Bertz CT molecular complexity index is 503. The molecule has 18 heavy (non-hydrogen) atoms. The van der Waals surface area contributed by atoms with Gasteiger partial charge in [0.2, 0.25) is 0 Å². The van der Waals surface area contributed by atoms with Crippen LogP contribution in [0.5, 0.6) is 0 Å². The zero-order chi connectivity index (χ0) is 12.8. The first-order valence-electron chi connectivity index (χ1n) is 6.08. The molecule has 0 spiro atoms. The van der Waals surface area contributed by atoms with Crippen molar-refractivity contribution in [3.05, 3.63) is 17.2 Å². The van der Waals surface area contributed by atoms with Crippen LogP contribution < -0.4 is 5.32 Å². The van der Waals surface area contributed by atoms with Crippen LogP contribution in [0.1, 0.15) is 25.7 Å². The van der Waals surface area contributed by atoms with Crippen LogP contribution >= 0.6 is 23.3 Å². The van der Waals surface area contributed by atoms with Gasteiger partial charge in [0.1, 0.15) is 11.0 Å². The van der Waals surface area contributed by atoms with Crippen molar-refractivity contribution in [2.24, 2.45) is 0 Å². The van der Waals surface area contributed by atoms with E-state index in [9.17, 15) is 0 Å². The lowest BCUT2D eigenvalue weighted by molar-refractivity contribution is 0.283. The lowest BCUT2D eigenvalue weighted by atomic mass is 10.2. The fourth-order valence-corrected chi connectivity index (χ4v) is 2.56. The SMILES string of the molecule is OCCCCCCNc1c(Cl)ccc2nsnc12. The fraction of sp³-hybridized carbons (Fsp3) is 0.500. The molecule has 0 saturated heterocycles. The molecule has 0 amide bonds. The molecule has 1 aromatic carbocycles. The highest BCUT2D eigenvalue weighted by Gasteiger charge is 2.08. The molecule has 2 aromatic rings. The molecular weight excluding hydrogens is 270 g/mol. The monoisotopic (exact) mass is 285 g/mol. The molecule has 0 aliphatic carbocycles. The highest BCUT2D eigenvalue weighted by molar-refractivity contribution is 7.00. The molecule has 1 aromatic heterocycles. The van der Waals surface area contributed by atoms with E-state index in [0.29, 0.717) is 5.02 Å². The summed E-state index contributed by atoms with van der Waals surface area (Å²) in [5, 5.41) is 12.7. The van der Waals surface area contributed by atoms with Gasteiger partial charge >= 0.3 is 0 Å². The lowest BCUT2D eigenvalue weighted by Crippen LogP contribution is -2.02. The molecule has 4 nitrogen and oxygen atoms in total. The van der Waals surface area contributed by atoms with Gasteiger partial charge in [0.15, 0.2) is 0 Å². The number of benzene rings is 1. The van der Waals surface area contributed by atoms with Crippen LogP contribution in [-0.4, -0.2) is 27.0 Å². The third-order valence-electron chi connectivity index (χ3n) is 2.76. The van der Waals surface area contributed by atoms with E-state index in [1.54, 1.807) is 0 Å². The third-order valence-corrected chi connectivity index (χ3v) is 3.62. The Morgan fingerprint density at radius 1 is 1.17 bits per heavy atom. The van der Waals surface area contributed by atoms with Crippen molar-refractivity contribution in [3.63, 3.8) is 0 Å². The first-order valence-corrected chi connectivity index (χ1v) is 7.19. The summed E-state index contributed by atoms with van der Waals surface area (Å²) in [4.78, 5) is 0. The molecule has 0 atom stereocenters. The number of hydrogen-bond acceptors (Lipinski definition) is 5. The van der Waals surface area contributed by atoms with Crippen LogP contribution in [0, 0.1) is 0 Å². The van der Waals surface area contributed by atoms with Crippen LogP contribution in [0.15, 0.2) is 12.1 Å². The van der Waals surface area contributed by atoms with Crippen molar-refractivity contribution in [2.75, 3.05) is 18.5 Å². The minimum Gasteiger partial charge on any atom is -0.396 e. The number of unbranched alkanes of at least 4 members (excludes halogenated alkanes) is 3. The topological polar surface area (TPSA) is 58.0 Å². The van der Waals surface area contributed by atoms with Crippen LogP contribution in [-0.2, 0) is 0 Å². The summed E-state index contributed by atoms with van der Waals surface area (Å²) in [6.45, 7) is 1.14. The molecule has 1 heterocycles. The minimum absolute atomic E-state index is 0.281. The maximum Gasteiger partial charge on any atom is 0.129 e. The Morgan fingerprint density at radius 2 is 2.00 bits per heavy atom. The van der Waals surface area contributed by atoms with Gasteiger partial charge in [-0.15, -0.1) is 0 Å². The van der Waals surface area contributed by atoms with Crippen LogP contribution in [0.2, 0.25) is 5.02 Å². The Labute approximate surface area is 115 Å². The summed E-state index contributed by atoms with van der Waals surface area (Å²) >= 11 is 7.36. The van der Waals surface area contributed by atoms with Crippen molar-refractivity contribution in [3.8, 4) is 0 Å². The van der Waals surface area contributed by atoms with Crippen molar-refractivity contribution in [2.45, 2.75) is 25.7 Å². The maximum atomic E-state index is 8.68. The molecule has 0 aliphatic heterocycles. The number of aromatic nitrogens is 2. The summed E-state index contributed by atoms with van der Waals surface area (Å²) in [5.74, 6) is 0. The van der Waals surface area contributed by atoms with Gasteiger partial charge in [-0.2, -0.15) is 8.75 Å². The molecule has 98 valence electrons. The molecule has 0 aliphatic rings. The van der Waals surface area contributed by atoms with Gasteiger partial charge < -0.3 is 10.4 Å². The van der Waals surface area contributed by atoms with Gasteiger partial charge in [-0.3, -0.25) is 0 Å². The summed E-state index contributed by atoms with van der Waals surface area (Å²) < 4.78 is 8.45. The number of hydrogen-bond donors (Lipinski definition) is 2. The maximum absolute atomic E-state index is 8.68. The van der Waals surface area contributed by atoms with Crippen LogP contribution in [0.25, 0.3) is 11.0 Å². The Kier molecular flexibility index (Phi) is 5.16. The largest absolute Gasteiger partial charge is 0.396 e. The predicted molar refractivity (Wildman–Crippen MR) is 76.5 cm³/mol. The van der Waals surface area contributed by atoms with Crippen LogP contribution in [0.4, 0.5) is 5.69 Å². The van der Waals surface area contributed by atoms with Crippen molar-refractivity contribution < 1.29 is 5.11 Å². The van der Waals surface area contributed by atoms with E-state index in [0.717, 1.165) is 48.9 Å². The lowest BCUT2D eigenvalue weighted by Gasteiger charge is -2.08. The van der Waals surface area contributed by atoms with Gasteiger partial charge in [0.05, 0.1) is 22.4 Å². The molecule has 0 saturated carbocycles. The molecular formula is C12H16ClN3OS. The van der Waals surface area contributed by atoms with E-state index < -0.39 is 0 Å². The van der Waals surface area contributed by atoms with Gasteiger partial charge in [0, 0.05) is 13.2 Å². The molecule has 0 fully saturated rings. The normalized spacial score (nSPS) is 11.0. The Morgan fingerprint density at radius 3 is 2.83 bits per heavy atom. The highest BCUT2D eigenvalue weighted by Crippen LogP contribution is 2.29. The van der Waals surface area contributed by atoms with Crippen molar-refractivity contribution in [1.82, 2.24) is 8.75 Å². The quantitative estimate of drug-likeness (QED) is 0.766. The minimum atomic E-state index is 0.281. The summed E-state index contributed by atoms with van der Waals surface area (Å²) in [5.41, 5.74) is 2.61. The third kappa shape index (κ3) is 3.31. The van der Waals surface area contributed by atoms with Gasteiger partial charge in [-0.25, -0.2) is 0 Å². The molecule has 2 N–H and O–H groups in total. The number of anilines is 1. The van der Waals surface area contributed by atoms with E-state index >= 15 is 0 Å². The predicted octanol–water partition coefficient (Wildman–Crippen LogP) is 3.31. The molecule has 0 unspecified atom stereocenters. The zero-order valence-corrected chi connectivity index (χ0v) is 11.6. The first-order chi connectivity index (χ1) is 8.83. The second kappa shape index (κ2) is 6.87. The number of aliphatic hydroxyl groups is 1. The van der Waals surface area contributed by atoms with E-state index in [1.165, 1.54) is 11.7 Å². The van der Waals surface area contributed by atoms with Crippen molar-refractivity contribution >= 4 is 40.0 Å². The summed E-state index contributed by atoms with van der Waals surface area (Å²) in [7, 11) is 0. The fourth-order valence-electron chi connectivity index (χ4n) is 1.80. The zero-order valence-electron chi connectivity index (χ0n) is 10.0. The van der Waals surface area contributed by atoms with Crippen LogP contribution in [0.3, 0.4) is 0 Å². The second-order valence-corrected chi connectivity index (χ2v) is 5.05. The number of nitrogens with one attached hydrogen (secondary N) is 1. The average Bonchev–Trinajstić information content (AvgIpc) is 2.84.